The number of carbonyl (C=O) groups is 3. The summed E-state index contributed by atoms with van der Waals surface area (Å²) < 4.78 is 1.23. The molecule has 4 aromatic rings. The van der Waals surface area contributed by atoms with Crippen LogP contribution in [0.4, 0.5) is 11.4 Å². The van der Waals surface area contributed by atoms with Crippen LogP contribution in [-0.2, 0) is 9.59 Å². The summed E-state index contributed by atoms with van der Waals surface area (Å²) in [4.78, 5) is 38.2. The Morgan fingerprint density at radius 1 is 0.706 bits per heavy atom. The van der Waals surface area contributed by atoms with Crippen LogP contribution >= 0.6 is 34.8 Å². The van der Waals surface area contributed by atoms with Gasteiger partial charge in [-0.15, -0.1) is 0 Å². The second-order valence-corrected chi connectivity index (χ2v) is 8.75. The highest BCUT2D eigenvalue weighted by molar-refractivity contribution is 6.42. The van der Waals surface area contributed by atoms with Gasteiger partial charge in [0.2, 0.25) is 0 Å². The molecule has 3 amide bonds. The van der Waals surface area contributed by atoms with Crippen molar-refractivity contribution in [2.75, 3.05) is 16.1 Å². The molecule has 172 valence electrons. The molecule has 0 unspecified atom stereocenters. The van der Waals surface area contributed by atoms with Gasteiger partial charge in [-0.3, -0.25) is 19.8 Å². The van der Waals surface area contributed by atoms with Gasteiger partial charge in [0.25, 0.3) is 5.91 Å². The van der Waals surface area contributed by atoms with Gasteiger partial charge in [-0.25, -0.2) is 4.68 Å². The van der Waals surface area contributed by atoms with Crippen LogP contribution in [0.1, 0.15) is 16.1 Å². The summed E-state index contributed by atoms with van der Waals surface area (Å²) in [5.41, 5.74) is 4.85. The molecule has 0 aliphatic rings. The number of benzene rings is 3. The van der Waals surface area contributed by atoms with Crippen LogP contribution in [0, 0.1) is 6.92 Å². The van der Waals surface area contributed by atoms with Crippen molar-refractivity contribution in [2.24, 2.45) is 0 Å². The number of rotatable bonds is 4. The van der Waals surface area contributed by atoms with E-state index in [-0.39, 0.29) is 5.69 Å². The normalized spacial score (nSPS) is 10.7. The van der Waals surface area contributed by atoms with E-state index >= 15 is 0 Å². The van der Waals surface area contributed by atoms with Crippen molar-refractivity contribution in [3.05, 3.63) is 93.1 Å². The number of nitrogens with zero attached hydrogens (tertiary/aromatic N) is 1. The van der Waals surface area contributed by atoms with Crippen LogP contribution in [0.5, 0.6) is 0 Å². The smallest absolute Gasteiger partial charge is 0.321 e. The highest BCUT2D eigenvalue weighted by atomic mass is 35.5. The van der Waals surface area contributed by atoms with Gasteiger partial charge >= 0.3 is 11.8 Å². The van der Waals surface area contributed by atoms with Gasteiger partial charge in [0.05, 0.1) is 5.52 Å². The van der Waals surface area contributed by atoms with Crippen LogP contribution in [0.2, 0.25) is 15.1 Å². The SMILES string of the molecule is Cc1ccc(NC(=O)C(=O)Nn2c(C(=O)Nc3cc(Cl)cc(Cl)c3)cc3cc(Cl)ccc32)cc1. The number of halogens is 3. The second kappa shape index (κ2) is 9.77. The lowest BCUT2D eigenvalue weighted by Crippen LogP contribution is -2.36. The van der Waals surface area contributed by atoms with Crippen molar-refractivity contribution >= 4 is 74.8 Å². The number of nitrogens with one attached hydrogen (secondary N) is 3. The van der Waals surface area contributed by atoms with E-state index < -0.39 is 17.7 Å². The van der Waals surface area contributed by atoms with Crippen molar-refractivity contribution in [3.8, 4) is 0 Å². The van der Waals surface area contributed by atoms with Gasteiger partial charge in [-0.05, 0) is 61.5 Å². The Balaban J connectivity index is 1.63. The second-order valence-electron chi connectivity index (χ2n) is 7.44. The summed E-state index contributed by atoms with van der Waals surface area (Å²) in [6, 6.07) is 18.0. The molecule has 0 atom stereocenters. The molecule has 34 heavy (non-hydrogen) atoms. The molecule has 0 spiro atoms. The monoisotopic (exact) mass is 514 g/mol. The van der Waals surface area contributed by atoms with E-state index in [2.05, 4.69) is 16.1 Å². The summed E-state index contributed by atoms with van der Waals surface area (Å²) in [7, 11) is 0. The standard InChI is InChI=1S/C24H17Cl3N4O3/c1-13-2-5-18(6-3-13)28-23(33)24(34)30-31-20-7-4-15(25)8-14(20)9-21(31)22(32)29-19-11-16(26)10-17(27)12-19/h2-12H,1H3,(H,28,33)(H,29,32)(H,30,34). The maximum absolute atomic E-state index is 13.1. The van der Waals surface area contributed by atoms with Crippen LogP contribution < -0.4 is 16.1 Å². The van der Waals surface area contributed by atoms with E-state index in [1.165, 1.54) is 22.9 Å². The molecule has 3 aromatic carbocycles. The molecule has 7 nitrogen and oxygen atoms in total. The number of hydrogen-bond acceptors (Lipinski definition) is 3. The molecule has 0 aliphatic heterocycles. The first-order valence-electron chi connectivity index (χ1n) is 9.97. The lowest BCUT2D eigenvalue weighted by Gasteiger charge is -2.13. The van der Waals surface area contributed by atoms with Crippen molar-refractivity contribution < 1.29 is 14.4 Å². The average Bonchev–Trinajstić information content (AvgIpc) is 3.12. The first-order valence-corrected chi connectivity index (χ1v) is 11.1. The summed E-state index contributed by atoms with van der Waals surface area (Å²) in [6.45, 7) is 1.91. The first kappa shape index (κ1) is 23.6. The Bertz CT molecular complexity index is 1410. The Hall–Kier alpha value is -3.52. The van der Waals surface area contributed by atoms with Gasteiger partial charge < -0.3 is 10.6 Å². The van der Waals surface area contributed by atoms with Crippen molar-refractivity contribution in [1.29, 1.82) is 0 Å². The lowest BCUT2D eigenvalue weighted by atomic mass is 10.2. The third kappa shape index (κ3) is 5.34. The predicted octanol–water partition coefficient (Wildman–Crippen LogP) is 5.87. The van der Waals surface area contributed by atoms with E-state index in [1.807, 2.05) is 6.92 Å². The third-order valence-electron chi connectivity index (χ3n) is 4.85. The molecule has 1 aromatic heterocycles. The first-order chi connectivity index (χ1) is 16.2. The van der Waals surface area contributed by atoms with Gasteiger partial charge in [0.1, 0.15) is 5.69 Å². The molecule has 0 bridgehead atoms. The zero-order valence-electron chi connectivity index (χ0n) is 17.7. The number of aromatic nitrogens is 1. The van der Waals surface area contributed by atoms with Crippen LogP contribution in [0.25, 0.3) is 10.9 Å². The zero-order chi connectivity index (χ0) is 24.4. The Labute approximate surface area is 209 Å². The van der Waals surface area contributed by atoms with E-state index in [1.54, 1.807) is 48.5 Å². The van der Waals surface area contributed by atoms with Crippen LogP contribution in [0.3, 0.4) is 0 Å². The largest absolute Gasteiger partial charge is 0.328 e. The fourth-order valence-corrected chi connectivity index (χ4v) is 3.98. The molecule has 3 N–H and O–H groups in total. The summed E-state index contributed by atoms with van der Waals surface area (Å²) in [5.74, 6) is -2.43. The zero-order valence-corrected chi connectivity index (χ0v) is 19.9. The number of hydrogen-bond donors (Lipinski definition) is 3. The number of amides is 3. The minimum absolute atomic E-state index is 0.0600. The van der Waals surface area contributed by atoms with Gasteiger partial charge in [-0.1, -0.05) is 52.5 Å². The van der Waals surface area contributed by atoms with E-state index in [0.717, 1.165) is 5.56 Å². The molecular formula is C24H17Cl3N4O3. The minimum atomic E-state index is -0.965. The van der Waals surface area contributed by atoms with Crippen molar-refractivity contribution in [1.82, 2.24) is 4.68 Å². The summed E-state index contributed by atoms with van der Waals surface area (Å²) in [5, 5.41) is 6.93. The highest BCUT2D eigenvalue weighted by Crippen LogP contribution is 2.26. The number of aryl methyl sites for hydroxylation is 1. The van der Waals surface area contributed by atoms with E-state index in [0.29, 0.717) is 37.3 Å². The maximum Gasteiger partial charge on any atom is 0.328 e. The Morgan fingerprint density at radius 2 is 1.38 bits per heavy atom. The van der Waals surface area contributed by atoms with Gasteiger partial charge in [0, 0.05) is 31.8 Å². The fraction of sp³-hybridized carbons (Fsp3) is 0.0417. The molecule has 4 rings (SSSR count). The molecule has 10 heteroatoms. The predicted molar refractivity (Wildman–Crippen MR) is 136 cm³/mol. The average molecular weight is 516 g/mol. The third-order valence-corrected chi connectivity index (χ3v) is 5.52. The summed E-state index contributed by atoms with van der Waals surface area (Å²) >= 11 is 18.1. The van der Waals surface area contributed by atoms with Gasteiger partial charge in [0.15, 0.2) is 0 Å². The van der Waals surface area contributed by atoms with E-state index in [9.17, 15) is 14.4 Å². The Morgan fingerprint density at radius 3 is 2.06 bits per heavy atom. The molecule has 0 fully saturated rings. The van der Waals surface area contributed by atoms with Crippen LogP contribution in [-0.4, -0.2) is 22.4 Å². The number of carbonyl (C=O) groups excluding carboxylic acids is 3. The molecule has 0 aliphatic carbocycles. The van der Waals surface area contributed by atoms with E-state index in [4.69, 9.17) is 34.8 Å². The molecular weight excluding hydrogens is 499 g/mol. The van der Waals surface area contributed by atoms with Crippen molar-refractivity contribution in [2.45, 2.75) is 6.92 Å². The van der Waals surface area contributed by atoms with Gasteiger partial charge in [-0.2, -0.15) is 0 Å². The molecule has 0 radical (unpaired) electrons. The lowest BCUT2D eigenvalue weighted by molar-refractivity contribution is -0.133. The molecule has 0 saturated carbocycles. The minimum Gasteiger partial charge on any atom is -0.321 e. The quantitative estimate of drug-likeness (QED) is 0.297. The molecule has 0 saturated heterocycles. The Kier molecular flexibility index (Phi) is 6.79. The maximum atomic E-state index is 13.1. The summed E-state index contributed by atoms with van der Waals surface area (Å²) in [6.07, 6.45) is 0. The number of fused-ring (bicyclic) bond motifs is 1. The number of anilines is 2. The fourth-order valence-electron chi connectivity index (χ4n) is 3.27. The van der Waals surface area contributed by atoms with Crippen molar-refractivity contribution in [3.63, 3.8) is 0 Å². The molecule has 1 heterocycles. The van der Waals surface area contributed by atoms with Crippen LogP contribution in [0.15, 0.2) is 66.7 Å². The topological polar surface area (TPSA) is 92.2 Å². The highest BCUT2D eigenvalue weighted by Gasteiger charge is 2.21.